The molecule has 2 atom stereocenters. The minimum atomic E-state index is 0.0585. The van der Waals surface area contributed by atoms with Gasteiger partial charge >= 0.3 is 0 Å². The van der Waals surface area contributed by atoms with Gasteiger partial charge in [-0.1, -0.05) is 29.8 Å². The molecule has 1 aliphatic heterocycles. The Hall–Kier alpha value is -1.61. The highest BCUT2D eigenvalue weighted by Crippen LogP contribution is 2.13. The zero-order valence-corrected chi connectivity index (χ0v) is 11.8. The second-order valence-corrected chi connectivity index (χ2v) is 5.23. The fraction of sp³-hybridized carbons (Fsp3) is 0.438. The van der Waals surface area contributed by atoms with Crippen molar-refractivity contribution in [3.8, 4) is 0 Å². The topological polar surface area (TPSA) is 29.5 Å². The van der Waals surface area contributed by atoms with Crippen LogP contribution in [0.15, 0.2) is 30.3 Å². The van der Waals surface area contributed by atoms with Gasteiger partial charge in [0, 0.05) is 12.6 Å². The molecule has 2 rings (SSSR count). The van der Waals surface area contributed by atoms with Gasteiger partial charge in [-0.05, 0) is 32.4 Å². The number of nitrogens with zero attached hydrogens (tertiary/aromatic N) is 1. The summed E-state index contributed by atoms with van der Waals surface area (Å²) in [6.07, 6.45) is 3.64. The second-order valence-electron chi connectivity index (χ2n) is 5.23. The Kier molecular flexibility index (Phi) is 4.38. The Morgan fingerprint density at radius 1 is 1.32 bits per heavy atom. The SMILES string of the molecule is Cc1ccc(/C=C/C(=O)N2CC(C)OCC2C)cc1. The number of hydrogen-bond acceptors (Lipinski definition) is 2. The van der Waals surface area contributed by atoms with Crippen LogP contribution in [0, 0.1) is 6.92 Å². The smallest absolute Gasteiger partial charge is 0.246 e. The van der Waals surface area contributed by atoms with Crippen molar-refractivity contribution in [2.75, 3.05) is 13.2 Å². The van der Waals surface area contributed by atoms with E-state index in [1.165, 1.54) is 5.56 Å². The van der Waals surface area contributed by atoms with Gasteiger partial charge in [0.25, 0.3) is 0 Å². The average molecular weight is 259 g/mol. The highest BCUT2D eigenvalue weighted by molar-refractivity contribution is 5.92. The van der Waals surface area contributed by atoms with E-state index < -0.39 is 0 Å². The van der Waals surface area contributed by atoms with E-state index in [0.29, 0.717) is 13.2 Å². The summed E-state index contributed by atoms with van der Waals surface area (Å²) in [5.41, 5.74) is 2.27. The van der Waals surface area contributed by atoms with Crippen LogP contribution in [0.2, 0.25) is 0 Å². The number of ether oxygens (including phenoxy) is 1. The van der Waals surface area contributed by atoms with E-state index in [0.717, 1.165) is 5.56 Å². The molecular weight excluding hydrogens is 238 g/mol. The van der Waals surface area contributed by atoms with E-state index >= 15 is 0 Å². The Labute approximate surface area is 114 Å². The maximum Gasteiger partial charge on any atom is 0.246 e. The molecule has 1 aromatic carbocycles. The third kappa shape index (κ3) is 3.67. The summed E-state index contributed by atoms with van der Waals surface area (Å²) >= 11 is 0. The number of aryl methyl sites for hydroxylation is 1. The first-order chi connectivity index (χ1) is 9.06. The van der Waals surface area contributed by atoms with E-state index in [2.05, 4.69) is 6.92 Å². The van der Waals surface area contributed by atoms with Gasteiger partial charge in [0.15, 0.2) is 0 Å². The third-order valence-electron chi connectivity index (χ3n) is 3.39. The van der Waals surface area contributed by atoms with Crippen LogP contribution >= 0.6 is 0 Å². The highest BCUT2D eigenvalue weighted by atomic mass is 16.5. The van der Waals surface area contributed by atoms with Crippen LogP contribution in [0.25, 0.3) is 6.08 Å². The lowest BCUT2D eigenvalue weighted by Crippen LogP contribution is -2.49. The average Bonchev–Trinajstić information content (AvgIpc) is 2.40. The number of carbonyl (C=O) groups excluding carboxylic acids is 1. The molecule has 1 saturated heterocycles. The standard InChI is InChI=1S/C16H21NO2/c1-12-4-6-15(7-5-12)8-9-16(18)17-10-14(3)19-11-13(17)2/h4-9,13-14H,10-11H2,1-3H3/b9-8+. The van der Waals surface area contributed by atoms with Gasteiger partial charge in [0.2, 0.25) is 5.91 Å². The van der Waals surface area contributed by atoms with Crippen molar-refractivity contribution in [2.24, 2.45) is 0 Å². The van der Waals surface area contributed by atoms with E-state index in [9.17, 15) is 4.79 Å². The van der Waals surface area contributed by atoms with Crippen LogP contribution in [0.1, 0.15) is 25.0 Å². The molecule has 1 aliphatic rings. The van der Waals surface area contributed by atoms with Gasteiger partial charge in [0.1, 0.15) is 0 Å². The van der Waals surface area contributed by atoms with Gasteiger partial charge in [-0.15, -0.1) is 0 Å². The summed E-state index contributed by atoms with van der Waals surface area (Å²) in [7, 11) is 0. The molecule has 0 spiro atoms. The lowest BCUT2D eigenvalue weighted by atomic mass is 10.1. The lowest BCUT2D eigenvalue weighted by Gasteiger charge is -2.36. The number of carbonyl (C=O) groups is 1. The fourth-order valence-electron chi connectivity index (χ4n) is 2.15. The monoisotopic (exact) mass is 259 g/mol. The molecule has 3 heteroatoms. The molecule has 2 unspecified atom stereocenters. The van der Waals surface area contributed by atoms with E-state index in [1.807, 2.05) is 49.1 Å². The molecule has 1 amide bonds. The number of morpholine rings is 1. The summed E-state index contributed by atoms with van der Waals surface area (Å²) in [6.45, 7) is 7.35. The van der Waals surface area contributed by atoms with Crippen molar-refractivity contribution in [1.29, 1.82) is 0 Å². The Balaban J connectivity index is 2.01. The summed E-state index contributed by atoms with van der Waals surface area (Å²) in [5.74, 6) is 0.0585. The number of benzene rings is 1. The van der Waals surface area contributed by atoms with Gasteiger partial charge in [-0.2, -0.15) is 0 Å². The molecule has 1 heterocycles. The normalized spacial score (nSPS) is 23.8. The minimum Gasteiger partial charge on any atom is -0.375 e. The first-order valence-electron chi connectivity index (χ1n) is 6.73. The molecule has 0 N–H and O–H groups in total. The zero-order valence-electron chi connectivity index (χ0n) is 11.8. The van der Waals surface area contributed by atoms with Crippen LogP contribution in [-0.4, -0.2) is 36.1 Å². The van der Waals surface area contributed by atoms with Crippen LogP contribution in [-0.2, 0) is 9.53 Å². The maximum atomic E-state index is 12.2. The highest BCUT2D eigenvalue weighted by Gasteiger charge is 2.25. The molecule has 102 valence electrons. The first-order valence-corrected chi connectivity index (χ1v) is 6.73. The van der Waals surface area contributed by atoms with Crippen molar-refractivity contribution in [3.63, 3.8) is 0 Å². The summed E-state index contributed by atoms with van der Waals surface area (Å²) in [4.78, 5) is 14.1. The van der Waals surface area contributed by atoms with Crippen LogP contribution in [0.5, 0.6) is 0 Å². The van der Waals surface area contributed by atoms with E-state index in [1.54, 1.807) is 6.08 Å². The van der Waals surface area contributed by atoms with E-state index in [4.69, 9.17) is 4.74 Å². The Bertz CT molecular complexity index is 464. The quantitative estimate of drug-likeness (QED) is 0.764. The largest absolute Gasteiger partial charge is 0.375 e. The molecule has 19 heavy (non-hydrogen) atoms. The van der Waals surface area contributed by atoms with Crippen LogP contribution in [0.3, 0.4) is 0 Å². The second kappa shape index (κ2) is 6.02. The molecule has 1 aromatic rings. The molecule has 0 radical (unpaired) electrons. The van der Waals surface area contributed by atoms with Gasteiger partial charge in [-0.25, -0.2) is 0 Å². The molecule has 1 fully saturated rings. The summed E-state index contributed by atoms with van der Waals surface area (Å²) in [5, 5.41) is 0. The molecule has 0 aromatic heterocycles. The van der Waals surface area contributed by atoms with Crippen molar-refractivity contribution in [1.82, 2.24) is 4.90 Å². The minimum absolute atomic E-state index is 0.0585. The van der Waals surface area contributed by atoms with Crippen molar-refractivity contribution >= 4 is 12.0 Å². The number of rotatable bonds is 2. The van der Waals surface area contributed by atoms with E-state index in [-0.39, 0.29) is 18.1 Å². The number of hydrogen-bond donors (Lipinski definition) is 0. The van der Waals surface area contributed by atoms with Gasteiger partial charge in [-0.3, -0.25) is 4.79 Å². The van der Waals surface area contributed by atoms with Gasteiger partial charge in [0.05, 0.1) is 18.8 Å². The lowest BCUT2D eigenvalue weighted by molar-refractivity contribution is -0.137. The van der Waals surface area contributed by atoms with Crippen LogP contribution < -0.4 is 0 Å². The predicted octanol–water partition coefficient (Wildman–Crippen LogP) is 2.64. The molecule has 0 saturated carbocycles. The van der Waals surface area contributed by atoms with Crippen molar-refractivity contribution in [2.45, 2.75) is 32.9 Å². The predicted molar refractivity (Wildman–Crippen MR) is 76.8 cm³/mol. The van der Waals surface area contributed by atoms with Crippen molar-refractivity contribution < 1.29 is 9.53 Å². The zero-order chi connectivity index (χ0) is 13.8. The Morgan fingerprint density at radius 3 is 2.68 bits per heavy atom. The Morgan fingerprint density at radius 2 is 2.00 bits per heavy atom. The van der Waals surface area contributed by atoms with Crippen LogP contribution in [0.4, 0.5) is 0 Å². The number of amides is 1. The summed E-state index contributed by atoms with van der Waals surface area (Å²) in [6, 6.07) is 8.27. The first kappa shape index (κ1) is 13.8. The maximum absolute atomic E-state index is 12.2. The van der Waals surface area contributed by atoms with Gasteiger partial charge < -0.3 is 9.64 Å². The fourth-order valence-corrected chi connectivity index (χ4v) is 2.15. The van der Waals surface area contributed by atoms with Crippen molar-refractivity contribution in [3.05, 3.63) is 41.5 Å². The molecule has 3 nitrogen and oxygen atoms in total. The molecule has 0 bridgehead atoms. The third-order valence-corrected chi connectivity index (χ3v) is 3.39. The molecule has 0 aliphatic carbocycles. The summed E-state index contributed by atoms with van der Waals surface area (Å²) < 4.78 is 5.53. The molecular formula is C16H21NO2.